The molecule has 6 aliphatic heterocycles. The van der Waals surface area contributed by atoms with Gasteiger partial charge < -0.3 is 85.4 Å². The second kappa shape index (κ2) is 41.1. The fourth-order valence-electron chi connectivity index (χ4n) is 12.2. The summed E-state index contributed by atoms with van der Waals surface area (Å²) in [6.07, 6.45) is 13.8. The largest absolute Gasteiger partial charge is 0.481 e. The van der Waals surface area contributed by atoms with Gasteiger partial charge in [-0.25, -0.2) is 29.5 Å². The van der Waals surface area contributed by atoms with Crippen molar-refractivity contribution in [2.24, 2.45) is 0 Å². The highest BCUT2D eigenvalue weighted by Crippen LogP contribution is 2.34. The van der Waals surface area contributed by atoms with Crippen LogP contribution in [-0.2, 0) is 42.8 Å². The Balaban J connectivity index is 0.000000294. The smallest absolute Gasteiger partial charge is 0.354 e. The Bertz CT molecular complexity index is 2970. The Kier molecular flexibility index (Phi) is 35.1. The van der Waals surface area contributed by atoms with Gasteiger partial charge in [0.15, 0.2) is 11.3 Å². The van der Waals surface area contributed by atoms with E-state index in [0.717, 1.165) is 103 Å². The molecule has 95 heavy (non-hydrogen) atoms. The summed E-state index contributed by atoms with van der Waals surface area (Å²) >= 11 is 0. The lowest BCUT2D eigenvalue weighted by Crippen LogP contribution is -2.54. The minimum atomic E-state index is -2.74. The molecule has 4 aromatic rings. The number of ether oxygens (including phenoxy) is 6. The number of benzene rings is 2. The van der Waals surface area contributed by atoms with E-state index in [0.29, 0.717) is 79.8 Å². The van der Waals surface area contributed by atoms with Crippen LogP contribution in [0.25, 0.3) is 0 Å². The first-order valence-electron chi connectivity index (χ1n) is 32.1. The zero-order chi connectivity index (χ0) is 66.2. The topological polar surface area (TPSA) is 357 Å². The standard InChI is InChI=1S/C30H43N5O4.C19H23N3O3.C11H22N2O2.C6H8O7.CH4.2ClH/c1-20-7-9-22(10-8-20)26-6-4-5-24(39-26)17-31-29-21(2)28(32-19-33-29)30(36)35-14-11-23(12-15-35)34-25-13-16-38-18-27(25)37-3;1-12-6-8-14(9-7-12)16-5-3-4-15(25-16)10-20-18-13(2)17(19(23)24)21-11-22-18;1-14-11-8-15-7-4-10(11)13-9-2-5-12-6-3-9;7-3(8)1-6(13,5(11)12)2-4(9)10;;;/h7-10,19,23-27,34H,4-6,11-18H2,1-3H3,(H,31,32,33);6-9,11,15-16H,3-5,10H2,1-2H3,(H,23,24)(H,20,21,22);9-13H,2-8H2,1H3;13H,1-2H2,(H,7,8)(H,9,10)(H,11,12);1H4;2*1H/t24-,25-,26+,27+;15-,16+;10-,11+;;;;/m111..../s1. The van der Waals surface area contributed by atoms with Crippen LogP contribution >= 0.6 is 24.8 Å². The molecule has 2 aromatic carbocycles. The zero-order valence-electron chi connectivity index (χ0n) is 54.8. The summed E-state index contributed by atoms with van der Waals surface area (Å²) in [5.74, 6) is -4.83. The Hall–Kier alpha value is -6.27. The van der Waals surface area contributed by atoms with Crippen LogP contribution in [0.1, 0.15) is 164 Å². The second-order valence-electron chi connectivity index (χ2n) is 24.5. The number of nitrogens with one attached hydrogen (secondary N) is 5. The van der Waals surface area contributed by atoms with E-state index in [4.69, 9.17) is 54.0 Å². The molecule has 8 heterocycles. The number of anilines is 2. The Morgan fingerprint density at radius 1 is 0.589 bits per heavy atom. The molecule has 1 amide bonds. The number of aromatic nitrogens is 4. The van der Waals surface area contributed by atoms with Gasteiger partial charge in [0, 0.05) is 88.9 Å². The average molecular weight is 1370 g/mol. The lowest BCUT2D eigenvalue weighted by molar-refractivity contribution is -0.170. The molecule has 2 aromatic heterocycles. The van der Waals surface area contributed by atoms with E-state index in [1.54, 1.807) is 21.1 Å². The summed E-state index contributed by atoms with van der Waals surface area (Å²) in [5.41, 5.74) is 4.05. The molecule has 530 valence electrons. The second-order valence-corrected chi connectivity index (χ2v) is 24.5. The maximum Gasteiger partial charge on any atom is 0.354 e. The maximum atomic E-state index is 13.4. The predicted molar refractivity (Wildman–Crippen MR) is 362 cm³/mol. The van der Waals surface area contributed by atoms with Gasteiger partial charge in [0.25, 0.3) is 5.91 Å². The maximum absolute atomic E-state index is 13.4. The molecule has 10 rings (SSSR count). The number of aryl methyl sites for hydroxylation is 2. The summed E-state index contributed by atoms with van der Waals surface area (Å²) < 4.78 is 34.7. The summed E-state index contributed by atoms with van der Waals surface area (Å²) in [7, 11) is 3.52. The van der Waals surface area contributed by atoms with E-state index < -0.39 is 42.3 Å². The number of carbonyl (C=O) groups is 5. The van der Waals surface area contributed by atoms with Crippen LogP contribution in [0.15, 0.2) is 61.2 Å². The third-order valence-electron chi connectivity index (χ3n) is 17.7. The van der Waals surface area contributed by atoms with Crippen molar-refractivity contribution >= 4 is 66.2 Å². The van der Waals surface area contributed by atoms with Crippen molar-refractivity contribution in [1.82, 2.24) is 40.8 Å². The van der Waals surface area contributed by atoms with E-state index in [1.807, 2.05) is 11.8 Å². The monoisotopic (exact) mass is 1370 g/mol. The number of aliphatic hydroxyl groups is 1. The van der Waals surface area contributed by atoms with Gasteiger partial charge in [-0.2, -0.15) is 0 Å². The number of rotatable bonds is 21. The summed E-state index contributed by atoms with van der Waals surface area (Å²) in [5, 5.41) is 60.5. The van der Waals surface area contributed by atoms with Crippen molar-refractivity contribution in [3.63, 3.8) is 0 Å². The summed E-state index contributed by atoms with van der Waals surface area (Å²) in [6.45, 7) is 15.8. The Labute approximate surface area is 570 Å². The fraction of sp³-hybridized carbons (Fsp3) is 0.627. The number of aliphatic carboxylic acids is 3. The van der Waals surface area contributed by atoms with E-state index in [2.05, 4.69) is 109 Å². The molecule has 0 bridgehead atoms. The van der Waals surface area contributed by atoms with Crippen molar-refractivity contribution in [2.75, 3.05) is 90.5 Å². The van der Waals surface area contributed by atoms with Crippen LogP contribution in [-0.4, -0.2) is 214 Å². The molecule has 0 unspecified atom stereocenters. The minimum absolute atomic E-state index is 0. The molecule has 6 fully saturated rings. The summed E-state index contributed by atoms with van der Waals surface area (Å²) in [6, 6.07) is 18.9. The van der Waals surface area contributed by atoms with E-state index >= 15 is 0 Å². The number of nitrogens with zero attached hydrogens (tertiary/aromatic N) is 5. The van der Waals surface area contributed by atoms with Crippen molar-refractivity contribution in [2.45, 2.75) is 191 Å². The van der Waals surface area contributed by atoms with Crippen LogP contribution in [0, 0.1) is 27.7 Å². The first-order valence-corrected chi connectivity index (χ1v) is 32.1. The van der Waals surface area contributed by atoms with Crippen molar-refractivity contribution in [3.05, 3.63) is 106 Å². The Morgan fingerprint density at radius 3 is 1.42 bits per heavy atom. The molecule has 0 saturated carbocycles. The number of carboxylic acids is 4. The van der Waals surface area contributed by atoms with Gasteiger partial charge in [-0.1, -0.05) is 67.1 Å². The number of carboxylic acid groups (broad SMARTS) is 4. The van der Waals surface area contributed by atoms with Gasteiger partial charge in [-0.15, -0.1) is 24.8 Å². The normalized spacial score (nSPS) is 23.0. The molecule has 6 saturated heterocycles. The molecule has 28 heteroatoms. The number of likely N-dealkylation sites (tertiary alicyclic amines) is 1. The van der Waals surface area contributed by atoms with Gasteiger partial charge in [-0.3, -0.25) is 14.4 Å². The minimum Gasteiger partial charge on any atom is -0.481 e. The SMILES string of the molecule is C.CO[C@H]1COCC[C@H]1NC1CCN(C(=O)c2ncnc(NC[C@H]3CCC[C@@H](c4ccc(C)cc4)O3)c2C)CC1.CO[C@H]1COCC[C@H]1NC1CCNCC1.Cc1ccc([C@@H]2CCC[C@H](CNc3ncnc(C(=O)O)c3C)O2)cc1.Cl.Cl.O=C(O)CC(O)(CC(=O)O)C(=O)O. The zero-order valence-corrected chi connectivity index (χ0v) is 56.4. The first-order chi connectivity index (χ1) is 44.2. The Morgan fingerprint density at radius 2 is 1.01 bits per heavy atom. The van der Waals surface area contributed by atoms with Crippen molar-refractivity contribution in [1.29, 1.82) is 0 Å². The quantitative estimate of drug-likeness (QED) is 0.0382. The molecule has 8 atom stereocenters. The van der Waals surface area contributed by atoms with E-state index in [-0.39, 0.29) is 80.5 Å². The van der Waals surface area contributed by atoms with Crippen LogP contribution < -0.4 is 26.6 Å². The van der Waals surface area contributed by atoms with Gasteiger partial charge in [0.1, 0.15) is 30.0 Å². The number of halogens is 2. The number of piperidine rings is 2. The highest BCUT2D eigenvalue weighted by molar-refractivity contribution is 5.95. The van der Waals surface area contributed by atoms with Gasteiger partial charge >= 0.3 is 23.9 Å². The molecule has 0 radical (unpaired) electrons. The van der Waals surface area contributed by atoms with Crippen molar-refractivity contribution < 1.29 is 77.9 Å². The number of hydrogen-bond donors (Lipinski definition) is 10. The predicted octanol–water partition coefficient (Wildman–Crippen LogP) is 7.69. The third-order valence-corrected chi connectivity index (χ3v) is 17.7. The summed E-state index contributed by atoms with van der Waals surface area (Å²) in [4.78, 5) is 73.8. The van der Waals surface area contributed by atoms with Crippen LogP contribution in [0.5, 0.6) is 0 Å². The van der Waals surface area contributed by atoms with Crippen LogP contribution in [0.3, 0.4) is 0 Å². The molecule has 0 aliphatic carbocycles. The highest BCUT2D eigenvalue weighted by atomic mass is 35.5. The molecule has 6 aliphatic rings. The fourth-order valence-corrected chi connectivity index (χ4v) is 12.2. The van der Waals surface area contributed by atoms with Gasteiger partial charge in [0.2, 0.25) is 0 Å². The van der Waals surface area contributed by atoms with Crippen LogP contribution in [0.2, 0.25) is 0 Å². The third kappa shape index (κ3) is 25.3. The van der Waals surface area contributed by atoms with E-state index in [9.17, 15) is 24.0 Å². The average Bonchev–Trinajstić information content (AvgIpc) is 0.908. The molecule has 26 nitrogen and oxygen atoms in total. The highest BCUT2D eigenvalue weighted by Gasteiger charge is 2.41. The molecule has 10 N–H and O–H groups in total. The van der Waals surface area contributed by atoms with E-state index in [1.165, 1.54) is 47.8 Å². The molecular formula is C67H102Cl2N10O16. The van der Waals surface area contributed by atoms with Crippen LogP contribution in [0.4, 0.5) is 11.6 Å². The number of aromatic carboxylic acids is 1. The number of hydrogen-bond acceptors (Lipinski definition) is 21. The van der Waals surface area contributed by atoms with Crippen molar-refractivity contribution in [3.8, 4) is 0 Å². The number of methoxy groups -OCH3 is 2. The molecule has 0 spiro atoms. The number of carbonyl (C=O) groups excluding carboxylic acids is 1. The first kappa shape index (κ1) is 81.2. The lowest BCUT2D eigenvalue weighted by atomic mass is 9.96. The van der Waals surface area contributed by atoms with Gasteiger partial charge in [0.05, 0.1) is 62.7 Å². The lowest BCUT2D eigenvalue weighted by Gasteiger charge is -2.38. The number of amides is 1. The van der Waals surface area contributed by atoms with Gasteiger partial charge in [-0.05, 0) is 129 Å². The molecular weight excluding hydrogens is 1270 g/mol.